The maximum Gasteiger partial charge on any atom is 0.404 e. The number of rotatable bonds is 7. The molecule has 0 saturated carbocycles. The van der Waals surface area contributed by atoms with Gasteiger partial charge in [0, 0.05) is 11.6 Å². The number of carbonyl (C=O) groups excluding carboxylic acids is 1. The van der Waals surface area contributed by atoms with Crippen molar-refractivity contribution in [1.82, 2.24) is 0 Å². The monoisotopic (exact) mass is 224 g/mol. The van der Waals surface area contributed by atoms with Crippen molar-refractivity contribution in [3.05, 3.63) is 0 Å². The van der Waals surface area contributed by atoms with Crippen LogP contribution in [0, 0.1) is 0 Å². The van der Waals surface area contributed by atoms with E-state index in [0.29, 0.717) is 0 Å². The summed E-state index contributed by atoms with van der Waals surface area (Å²) >= 11 is 9.09. The molecular formula is C9H17ClO2S. The van der Waals surface area contributed by atoms with Crippen molar-refractivity contribution in [2.45, 2.75) is 50.9 Å². The lowest BCUT2D eigenvalue weighted by Crippen LogP contribution is -2.06. The Morgan fingerprint density at radius 3 is 2.54 bits per heavy atom. The van der Waals surface area contributed by atoms with Crippen molar-refractivity contribution in [3.63, 3.8) is 0 Å². The summed E-state index contributed by atoms with van der Waals surface area (Å²) in [7, 11) is 0. The van der Waals surface area contributed by atoms with Crippen LogP contribution >= 0.6 is 24.2 Å². The predicted molar refractivity (Wildman–Crippen MR) is 58.5 cm³/mol. The SMILES string of the molecule is CCCCCCCC(S)OC(=O)Cl. The highest BCUT2D eigenvalue weighted by molar-refractivity contribution is 7.80. The Hall–Kier alpha value is 0.110. The third kappa shape index (κ3) is 10.0. The molecule has 0 aromatic rings. The number of hydrogen-bond acceptors (Lipinski definition) is 3. The molecule has 0 aromatic carbocycles. The smallest absolute Gasteiger partial charge is 0.404 e. The number of ether oxygens (including phenoxy) is 1. The fraction of sp³-hybridized carbons (Fsp3) is 0.889. The van der Waals surface area contributed by atoms with E-state index in [2.05, 4.69) is 24.3 Å². The molecule has 0 aliphatic carbocycles. The van der Waals surface area contributed by atoms with E-state index in [9.17, 15) is 4.79 Å². The highest BCUT2D eigenvalue weighted by Gasteiger charge is 2.06. The number of thiol groups is 1. The van der Waals surface area contributed by atoms with Crippen LogP contribution in [0.25, 0.3) is 0 Å². The van der Waals surface area contributed by atoms with Gasteiger partial charge < -0.3 is 4.74 Å². The standard InChI is InChI=1S/C9H17ClO2S/c1-2-3-4-5-6-7-8(13)12-9(10)11/h8,13H,2-7H2,1H3. The van der Waals surface area contributed by atoms with Gasteiger partial charge in [0.15, 0.2) is 0 Å². The molecule has 1 unspecified atom stereocenters. The van der Waals surface area contributed by atoms with E-state index in [4.69, 9.17) is 11.6 Å². The second-order valence-electron chi connectivity index (χ2n) is 3.01. The molecule has 1 atom stereocenters. The fourth-order valence-corrected chi connectivity index (χ4v) is 1.54. The maximum atomic E-state index is 10.3. The van der Waals surface area contributed by atoms with E-state index in [1.165, 1.54) is 25.7 Å². The zero-order valence-corrected chi connectivity index (χ0v) is 9.61. The molecule has 0 fully saturated rings. The van der Waals surface area contributed by atoms with Crippen LogP contribution in [0.5, 0.6) is 0 Å². The summed E-state index contributed by atoms with van der Waals surface area (Å²) in [6, 6.07) is 0. The van der Waals surface area contributed by atoms with E-state index in [1.54, 1.807) is 0 Å². The lowest BCUT2D eigenvalue weighted by molar-refractivity contribution is 0.158. The quantitative estimate of drug-likeness (QED) is 0.307. The molecule has 0 aliphatic rings. The number of hydrogen-bond donors (Lipinski definition) is 1. The topological polar surface area (TPSA) is 26.3 Å². The zero-order chi connectivity index (χ0) is 10.1. The number of carbonyl (C=O) groups is 1. The van der Waals surface area contributed by atoms with E-state index in [-0.39, 0.29) is 5.44 Å². The summed E-state index contributed by atoms with van der Waals surface area (Å²) in [5, 5.41) is 0. The third-order valence-corrected chi connectivity index (χ3v) is 2.24. The summed E-state index contributed by atoms with van der Waals surface area (Å²) in [6.07, 6.45) is 6.74. The summed E-state index contributed by atoms with van der Waals surface area (Å²) in [5.41, 5.74) is -1.11. The third-order valence-electron chi connectivity index (χ3n) is 1.78. The molecule has 0 saturated heterocycles. The maximum absolute atomic E-state index is 10.3. The van der Waals surface area contributed by atoms with Crippen molar-refractivity contribution in [1.29, 1.82) is 0 Å². The van der Waals surface area contributed by atoms with Crippen molar-refractivity contribution < 1.29 is 9.53 Å². The van der Waals surface area contributed by atoms with Gasteiger partial charge in [0.05, 0.1) is 0 Å². The van der Waals surface area contributed by atoms with Gasteiger partial charge in [0.2, 0.25) is 0 Å². The van der Waals surface area contributed by atoms with Crippen molar-refractivity contribution in [2.75, 3.05) is 0 Å². The first-order valence-electron chi connectivity index (χ1n) is 4.71. The highest BCUT2D eigenvalue weighted by Crippen LogP contribution is 2.12. The zero-order valence-electron chi connectivity index (χ0n) is 7.96. The van der Waals surface area contributed by atoms with Crippen LogP contribution in [0.3, 0.4) is 0 Å². The molecule has 0 rings (SSSR count). The average Bonchev–Trinajstić information content (AvgIpc) is 2.02. The van der Waals surface area contributed by atoms with Crippen molar-refractivity contribution in [3.8, 4) is 0 Å². The van der Waals surface area contributed by atoms with Crippen LogP contribution in [-0.4, -0.2) is 10.9 Å². The van der Waals surface area contributed by atoms with E-state index < -0.39 is 5.43 Å². The molecule has 0 aromatic heterocycles. The molecule has 0 bridgehead atoms. The van der Waals surface area contributed by atoms with Gasteiger partial charge >= 0.3 is 5.43 Å². The van der Waals surface area contributed by atoms with Gasteiger partial charge in [-0.25, -0.2) is 4.79 Å². The van der Waals surface area contributed by atoms with Crippen LogP contribution in [0.15, 0.2) is 0 Å². The van der Waals surface area contributed by atoms with E-state index in [0.717, 1.165) is 12.8 Å². The first-order valence-corrected chi connectivity index (χ1v) is 5.60. The van der Waals surface area contributed by atoms with Gasteiger partial charge in [-0.05, 0) is 12.8 Å². The Labute approximate surface area is 90.4 Å². The van der Waals surface area contributed by atoms with E-state index in [1.807, 2.05) is 0 Å². The molecule has 0 N–H and O–H groups in total. The molecule has 0 amide bonds. The number of halogens is 1. The fourth-order valence-electron chi connectivity index (χ4n) is 1.09. The summed E-state index contributed by atoms with van der Waals surface area (Å²) in [5.74, 6) is 0. The largest absolute Gasteiger partial charge is 0.440 e. The second-order valence-corrected chi connectivity index (χ2v) is 3.90. The summed E-state index contributed by atoms with van der Waals surface area (Å²) in [4.78, 5) is 10.3. The highest BCUT2D eigenvalue weighted by atomic mass is 35.5. The molecule has 2 nitrogen and oxygen atoms in total. The van der Waals surface area contributed by atoms with Crippen LogP contribution in [-0.2, 0) is 4.74 Å². The van der Waals surface area contributed by atoms with Crippen LogP contribution in [0.2, 0.25) is 0 Å². The molecule has 78 valence electrons. The van der Waals surface area contributed by atoms with Gasteiger partial charge in [-0.3, -0.25) is 0 Å². The van der Waals surface area contributed by atoms with Gasteiger partial charge in [0.25, 0.3) is 0 Å². The predicted octanol–water partition coefficient (Wildman–Crippen LogP) is 3.98. The lowest BCUT2D eigenvalue weighted by atomic mass is 10.1. The van der Waals surface area contributed by atoms with Gasteiger partial charge in [-0.2, -0.15) is 0 Å². The summed E-state index contributed by atoms with van der Waals surface area (Å²) < 4.78 is 4.65. The number of unbranched alkanes of at least 4 members (excludes halogenated alkanes) is 4. The van der Waals surface area contributed by atoms with Crippen LogP contribution in [0.1, 0.15) is 45.4 Å². The minimum absolute atomic E-state index is 0.341. The Kier molecular flexibility index (Phi) is 8.77. The van der Waals surface area contributed by atoms with Gasteiger partial charge in [-0.1, -0.05) is 32.6 Å². The minimum Gasteiger partial charge on any atom is -0.440 e. The Bertz CT molecular complexity index is 142. The molecule has 0 spiro atoms. The normalized spacial score (nSPS) is 12.5. The molecule has 4 heteroatoms. The van der Waals surface area contributed by atoms with Gasteiger partial charge in [-0.15, -0.1) is 12.6 Å². The molecule has 13 heavy (non-hydrogen) atoms. The summed E-state index contributed by atoms with van der Waals surface area (Å²) in [6.45, 7) is 2.18. The Morgan fingerprint density at radius 1 is 1.38 bits per heavy atom. The second kappa shape index (κ2) is 8.70. The first-order chi connectivity index (χ1) is 6.16. The van der Waals surface area contributed by atoms with Crippen LogP contribution < -0.4 is 0 Å². The minimum atomic E-state index is -0.770. The lowest BCUT2D eigenvalue weighted by Gasteiger charge is -2.08. The molecule has 0 heterocycles. The van der Waals surface area contributed by atoms with Gasteiger partial charge in [0.1, 0.15) is 5.44 Å². The van der Waals surface area contributed by atoms with Crippen LogP contribution in [0.4, 0.5) is 4.79 Å². The average molecular weight is 225 g/mol. The Balaban J connectivity index is 3.17. The van der Waals surface area contributed by atoms with Crippen molar-refractivity contribution >= 4 is 29.7 Å². The van der Waals surface area contributed by atoms with E-state index >= 15 is 0 Å². The molecule has 0 radical (unpaired) electrons. The molecular weight excluding hydrogens is 208 g/mol. The first kappa shape index (κ1) is 13.1. The van der Waals surface area contributed by atoms with Crippen molar-refractivity contribution in [2.24, 2.45) is 0 Å². The molecule has 0 aliphatic heterocycles. The Morgan fingerprint density at radius 2 is 2.00 bits per heavy atom.